The summed E-state index contributed by atoms with van der Waals surface area (Å²) >= 11 is 12.1. The maximum atomic E-state index is 12.9. The number of allylic oxidation sites excluding steroid dienone is 2. The quantitative estimate of drug-likeness (QED) is 0.443. The Kier molecular flexibility index (Phi) is 6.69. The highest BCUT2D eigenvalue weighted by atomic mass is 35.5. The van der Waals surface area contributed by atoms with E-state index in [1.807, 2.05) is 36.4 Å². The van der Waals surface area contributed by atoms with Gasteiger partial charge in [-0.15, -0.1) is 0 Å². The monoisotopic (exact) mass is 369 g/mol. The number of esters is 1. The summed E-state index contributed by atoms with van der Waals surface area (Å²) in [7, 11) is 1.15. The van der Waals surface area contributed by atoms with Crippen molar-refractivity contribution in [2.24, 2.45) is 0 Å². The van der Waals surface area contributed by atoms with Crippen LogP contribution in [0.15, 0.2) is 42.1 Å². The van der Waals surface area contributed by atoms with Crippen LogP contribution in [0.3, 0.4) is 0 Å². The van der Waals surface area contributed by atoms with E-state index in [0.717, 1.165) is 50.5 Å². The molecule has 0 fully saturated rings. The van der Waals surface area contributed by atoms with Crippen molar-refractivity contribution >= 4 is 35.1 Å². The number of carbonyl (C=O) groups is 2. The van der Waals surface area contributed by atoms with Crippen LogP contribution in [0.1, 0.15) is 37.7 Å². The third-order valence-electron chi connectivity index (χ3n) is 4.00. The number of alkyl halides is 2. The Morgan fingerprint density at radius 1 is 1.17 bits per heavy atom. The number of benzene rings is 1. The van der Waals surface area contributed by atoms with Crippen LogP contribution >= 0.6 is 23.2 Å². The van der Waals surface area contributed by atoms with Crippen molar-refractivity contribution in [2.75, 3.05) is 7.11 Å². The highest BCUT2D eigenvalue weighted by Crippen LogP contribution is 2.31. The van der Waals surface area contributed by atoms with Crippen molar-refractivity contribution in [2.45, 2.75) is 43.0 Å². The van der Waals surface area contributed by atoms with Gasteiger partial charge in [0.1, 0.15) is 0 Å². The summed E-state index contributed by atoms with van der Waals surface area (Å²) < 4.78 is 2.33. The molecule has 6 heteroatoms. The second kappa shape index (κ2) is 8.54. The van der Waals surface area contributed by atoms with Crippen LogP contribution < -0.4 is 0 Å². The molecule has 1 aromatic carbocycles. The van der Waals surface area contributed by atoms with Crippen molar-refractivity contribution in [3.63, 3.8) is 0 Å². The molecule has 1 aliphatic rings. The zero-order valence-corrected chi connectivity index (χ0v) is 15.1. The van der Waals surface area contributed by atoms with E-state index < -0.39 is 16.2 Å². The normalized spacial score (nSPS) is 15.2. The molecule has 0 unspecified atom stereocenters. The number of halogens is 2. The smallest absolute Gasteiger partial charge is 0.352 e. The van der Waals surface area contributed by atoms with Crippen molar-refractivity contribution in [3.8, 4) is 0 Å². The molecular formula is C18H21Cl2NO3. The van der Waals surface area contributed by atoms with Gasteiger partial charge in [-0.1, -0.05) is 66.0 Å². The van der Waals surface area contributed by atoms with E-state index in [2.05, 4.69) is 4.74 Å². The Hall–Kier alpha value is -1.52. The Labute approximate surface area is 152 Å². The fourth-order valence-corrected chi connectivity index (χ4v) is 3.06. The van der Waals surface area contributed by atoms with E-state index in [9.17, 15) is 9.59 Å². The van der Waals surface area contributed by atoms with Crippen LogP contribution in [0.25, 0.3) is 0 Å². The largest absolute Gasteiger partial charge is 0.466 e. The number of amides is 1. The standard InChI is InChI=1S/C18H21Cl2NO3/c1-24-17(23)18(19,20)16(22)21(13-14-9-5-4-6-10-14)15-11-7-2-3-8-12-15/h4-6,9-11H,2-3,7-8,12-13H2,1H3. The fraction of sp³-hybridized carbons (Fsp3) is 0.444. The summed E-state index contributed by atoms with van der Waals surface area (Å²) in [6, 6.07) is 9.53. The van der Waals surface area contributed by atoms with E-state index >= 15 is 0 Å². The van der Waals surface area contributed by atoms with E-state index in [1.54, 1.807) is 0 Å². The minimum Gasteiger partial charge on any atom is -0.466 e. The molecule has 0 N–H and O–H groups in total. The number of carbonyl (C=O) groups excluding carboxylic acids is 2. The minimum absolute atomic E-state index is 0.309. The van der Waals surface area contributed by atoms with Crippen molar-refractivity contribution in [1.29, 1.82) is 0 Å². The lowest BCUT2D eigenvalue weighted by Crippen LogP contribution is -2.46. The van der Waals surface area contributed by atoms with Gasteiger partial charge in [-0.2, -0.15) is 0 Å². The molecule has 24 heavy (non-hydrogen) atoms. The molecule has 0 aromatic heterocycles. The first-order chi connectivity index (χ1) is 11.5. The van der Waals surface area contributed by atoms with Crippen molar-refractivity contribution in [1.82, 2.24) is 4.90 Å². The van der Waals surface area contributed by atoms with Crippen molar-refractivity contribution in [3.05, 3.63) is 47.7 Å². The van der Waals surface area contributed by atoms with Gasteiger partial charge in [0.05, 0.1) is 13.7 Å². The maximum absolute atomic E-state index is 12.9. The van der Waals surface area contributed by atoms with Crippen LogP contribution in [-0.4, -0.2) is 28.2 Å². The summed E-state index contributed by atoms with van der Waals surface area (Å²) in [4.78, 5) is 26.2. The van der Waals surface area contributed by atoms with Crippen LogP contribution in [-0.2, 0) is 20.9 Å². The van der Waals surface area contributed by atoms with Crippen LogP contribution in [0.2, 0.25) is 0 Å². The molecule has 0 heterocycles. The van der Waals surface area contributed by atoms with Gasteiger partial charge < -0.3 is 9.64 Å². The molecule has 1 aliphatic carbocycles. The number of hydrogen-bond donors (Lipinski definition) is 0. The lowest BCUT2D eigenvalue weighted by atomic mass is 10.1. The Morgan fingerprint density at radius 3 is 2.54 bits per heavy atom. The van der Waals surface area contributed by atoms with E-state index in [1.165, 1.54) is 4.90 Å². The average Bonchev–Trinajstić information content (AvgIpc) is 2.88. The molecule has 130 valence electrons. The Morgan fingerprint density at radius 2 is 1.88 bits per heavy atom. The highest BCUT2D eigenvalue weighted by molar-refractivity contribution is 6.67. The third kappa shape index (κ3) is 4.52. The molecule has 2 rings (SSSR count). The van der Waals surface area contributed by atoms with Gasteiger partial charge in [-0.3, -0.25) is 4.79 Å². The highest BCUT2D eigenvalue weighted by Gasteiger charge is 2.47. The van der Waals surface area contributed by atoms with Gasteiger partial charge in [0, 0.05) is 5.70 Å². The Balaban J connectivity index is 2.32. The first kappa shape index (κ1) is 18.8. The molecule has 0 saturated carbocycles. The van der Waals surface area contributed by atoms with Gasteiger partial charge in [0.2, 0.25) is 0 Å². The molecule has 4 nitrogen and oxygen atoms in total. The van der Waals surface area contributed by atoms with Gasteiger partial charge in [0.15, 0.2) is 0 Å². The van der Waals surface area contributed by atoms with E-state index in [0.29, 0.717) is 6.54 Å². The Bertz CT molecular complexity index is 614. The number of rotatable bonds is 5. The molecule has 0 aliphatic heterocycles. The summed E-state index contributed by atoms with van der Waals surface area (Å²) in [6.07, 6.45) is 6.86. The first-order valence-electron chi connectivity index (χ1n) is 7.98. The summed E-state index contributed by atoms with van der Waals surface area (Å²) in [6.45, 7) is 0.309. The van der Waals surface area contributed by atoms with Crippen molar-refractivity contribution < 1.29 is 14.3 Å². The summed E-state index contributed by atoms with van der Waals surface area (Å²) in [5.74, 6) is -1.64. The van der Waals surface area contributed by atoms with Crippen LogP contribution in [0, 0.1) is 0 Å². The van der Waals surface area contributed by atoms with Crippen LogP contribution in [0.5, 0.6) is 0 Å². The third-order valence-corrected chi connectivity index (χ3v) is 4.63. The molecule has 1 aromatic rings. The zero-order chi connectivity index (χ0) is 17.6. The molecule has 0 radical (unpaired) electrons. The predicted molar refractivity (Wildman–Crippen MR) is 94.6 cm³/mol. The van der Waals surface area contributed by atoms with E-state index in [-0.39, 0.29) is 0 Å². The second-order valence-corrected chi connectivity index (χ2v) is 7.07. The fourth-order valence-electron chi connectivity index (χ4n) is 2.70. The number of hydrogen-bond acceptors (Lipinski definition) is 3. The number of ether oxygens (including phenoxy) is 1. The number of methoxy groups -OCH3 is 1. The summed E-state index contributed by atoms with van der Waals surface area (Å²) in [5.41, 5.74) is 1.79. The number of nitrogens with zero attached hydrogens (tertiary/aromatic N) is 1. The lowest BCUT2D eigenvalue weighted by molar-refractivity contribution is -0.147. The molecule has 0 spiro atoms. The topological polar surface area (TPSA) is 46.6 Å². The molecule has 1 amide bonds. The second-order valence-electron chi connectivity index (χ2n) is 5.74. The molecular weight excluding hydrogens is 349 g/mol. The molecule has 0 bridgehead atoms. The first-order valence-corrected chi connectivity index (χ1v) is 8.73. The van der Waals surface area contributed by atoms with Gasteiger partial charge >= 0.3 is 5.97 Å². The maximum Gasteiger partial charge on any atom is 0.352 e. The van der Waals surface area contributed by atoms with E-state index in [4.69, 9.17) is 23.2 Å². The SMILES string of the molecule is COC(=O)C(Cl)(Cl)C(=O)N(Cc1ccccc1)C1=CCCCCC1. The van der Waals surface area contributed by atoms with Gasteiger partial charge in [0.25, 0.3) is 10.2 Å². The minimum atomic E-state index is -2.25. The molecule has 0 saturated heterocycles. The van der Waals surface area contributed by atoms with Gasteiger partial charge in [-0.25, -0.2) is 4.79 Å². The zero-order valence-electron chi connectivity index (χ0n) is 13.6. The summed E-state index contributed by atoms with van der Waals surface area (Å²) in [5, 5.41) is 0. The predicted octanol–water partition coefficient (Wildman–Crippen LogP) is 4.21. The van der Waals surface area contributed by atoms with Crippen LogP contribution in [0.4, 0.5) is 0 Å². The lowest BCUT2D eigenvalue weighted by Gasteiger charge is -2.29. The molecule has 0 atom stereocenters. The average molecular weight is 370 g/mol. The van der Waals surface area contributed by atoms with Gasteiger partial charge in [-0.05, 0) is 31.2 Å².